The number of rotatable bonds is 15. The summed E-state index contributed by atoms with van der Waals surface area (Å²) < 4.78 is 23.2. The molecule has 0 spiro atoms. The highest BCUT2D eigenvalue weighted by Crippen LogP contribution is 2.46. The van der Waals surface area contributed by atoms with Crippen LogP contribution in [0.1, 0.15) is 52.0 Å². The molecule has 0 saturated heterocycles. The van der Waals surface area contributed by atoms with Gasteiger partial charge in [0.2, 0.25) is 13.3 Å². The van der Waals surface area contributed by atoms with Crippen molar-refractivity contribution in [1.29, 1.82) is 0 Å². The first-order chi connectivity index (χ1) is 15.5. The fourth-order valence-corrected chi connectivity index (χ4v) is 4.77. The van der Waals surface area contributed by atoms with E-state index in [0.717, 1.165) is 5.56 Å². The Hall–Kier alpha value is -2.38. The van der Waals surface area contributed by atoms with E-state index in [0.29, 0.717) is 19.3 Å². The van der Waals surface area contributed by atoms with Crippen LogP contribution in [0.2, 0.25) is 0 Å². The van der Waals surface area contributed by atoms with Crippen molar-refractivity contribution in [2.24, 2.45) is 11.8 Å². The molecule has 0 aliphatic rings. The molecule has 33 heavy (non-hydrogen) atoms. The Labute approximate surface area is 196 Å². The number of hydrogen-bond donors (Lipinski definition) is 3. The van der Waals surface area contributed by atoms with Gasteiger partial charge in [0.15, 0.2) is 0 Å². The lowest BCUT2D eigenvalue weighted by atomic mass is 10.0. The Kier molecular flexibility index (Phi) is 12.8. The zero-order valence-corrected chi connectivity index (χ0v) is 20.8. The smallest absolute Gasteiger partial charge is 0.407 e. The van der Waals surface area contributed by atoms with Crippen molar-refractivity contribution in [2.75, 3.05) is 19.6 Å². The van der Waals surface area contributed by atoms with Crippen molar-refractivity contribution in [3.05, 3.63) is 35.9 Å². The van der Waals surface area contributed by atoms with E-state index in [1.165, 1.54) is 7.11 Å². The minimum absolute atomic E-state index is 0.0673. The van der Waals surface area contributed by atoms with E-state index in [4.69, 9.17) is 9.26 Å². The number of carboxylic acids is 1. The second-order valence-corrected chi connectivity index (χ2v) is 11.4. The summed E-state index contributed by atoms with van der Waals surface area (Å²) in [5, 5.41) is 14.3. The van der Waals surface area contributed by atoms with Crippen molar-refractivity contribution in [3.8, 4) is 0 Å². The number of carbonyl (C=O) groups excluding carboxylic acids is 2. The molecule has 0 aliphatic carbocycles. The maximum atomic E-state index is 12.9. The Morgan fingerprint density at radius 2 is 1.76 bits per heavy atom. The standard InChI is InChI=1S/C23H37N2O7P/c1-17(2)14-20(22(27)28)25-21(26)11-10-18(3)12-13-33(30,31-4)16-24-23(29)32-15-19-8-6-5-7-9-19/h5-9,17-18,20H,10-16H2,1-4H3,(H,24,29)(H,25,26)(H,27,28)/t18?,20-,33?/m0/s1. The molecule has 3 atom stereocenters. The maximum absolute atomic E-state index is 12.9. The minimum atomic E-state index is -3.09. The second kappa shape index (κ2) is 14.7. The van der Waals surface area contributed by atoms with Gasteiger partial charge < -0.3 is 25.0 Å². The first-order valence-electron chi connectivity index (χ1n) is 11.1. The molecule has 3 N–H and O–H groups in total. The van der Waals surface area contributed by atoms with Crippen LogP contribution in [0, 0.1) is 11.8 Å². The fourth-order valence-electron chi connectivity index (χ4n) is 3.09. The van der Waals surface area contributed by atoms with Crippen LogP contribution >= 0.6 is 7.37 Å². The lowest BCUT2D eigenvalue weighted by molar-refractivity contribution is -0.142. The number of alkyl carbamates (subject to hydrolysis) is 1. The molecule has 0 saturated carbocycles. The minimum Gasteiger partial charge on any atom is -0.480 e. The summed E-state index contributed by atoms with van der Waals surface area (Å²) in [5.41, 5.74) is 0.847. The number of aliphatic carboxylic acids is 1. The van der Waals surface area contributed by atoms with E-state index >= 15 is 0 Å². The monoisotopic (exact) mass is 484 g/mol. The van der Waals surface area contributed by atoms with Gasteiger partial charge in [-0.15, -0.1) is 0 Å². The normalized spacial score (nSPS) is 14.7. The molecule has 1 aromatic carbocycles. The molecular weight excluding hydrogens is 447 g/mol. The van der Waals surface area contributed by atoms with Crippen LogP contribution in [-0.2, 0) is 30.0 Å². The van der Waals surface area contributed by atoms with Gasteiger partial charge in [-0.25, -0.2) is 9.59 Å². The number of carbonyl (C=O) groups is 3. The summed E-state index contributed by atoms with van der Waals surface area (Å²) in [6, 6.07) is 8.33. The van der Waals surface area contributed by atoms with E-state index in [2.05, 4.69) is 10.6 Å². The second-order valence-electron chi connectivity index (χ2n) is 8.64. The molecule has 0 heterocycles. The van der Waals surface area contributed by atoms with Gasteiger partial charge in [-0.05, 0) is 36.7 Å². The molecule has 186 valence electrons. The molecule has 0 radical (unpaired) electrons. The van der Waals surface area contributed by atoms with E-state index in [-0.39, 0.29) is 43.2 Å². The van der Waals surface area contributed by atoms with Crippen molar-refractivity contribution >= 4 is 25.3 Å². The van der Waals surface area contributed by atoms with Gasteiger partial charge in [-0.1, -0.05) is 51.1 Å². The number of ether oxygens (including phenoxy) is 1. The Bertz CT molecular complexity index is 801. The van der Waals surface area contributed by atoms with Gasteiger partial charge in [0.05, 0.1) is 6.29 Å². The Morgan fingerprint density at radius 1 is 1.09 bits per heavy atom. The lowest BCUT2D eigenvalue weighted by Gasteiger charge is -2.20. The average molecular weight is 485 g/mol. The average Bonchev–Trinajstić information content (AvgIpc) is 2.78. The third kappa shape index (κ3) is 12.4. The van der Waals surface area contributed by atoms with Gasteiger partial charge in [0.25, 0.3) is 0 Å². The maximum Gasteiger partial charge on any atom is 0.407 e. The van der Waals surface area contributed by atoms with E-state index < -0.39 is 25.5 Å². The van der Waals surface area contributed by atoms with Gasteiger partial charge in [0, 0.05) is 19.7 Å². The molecule has 1 rings (SSSR count). The number of benzene rings is 1. The van der Waals surface area contributed by atoms with Crippen LogP contribution in [-0.4, -0.2) is 48.7 Å². The zero-order valence-electron chi connectivity index (χ0n) is 19.9. The molecule has 2 unspecified atom stereocenters. The molecule has 1 aromatic rings. The predicted octanol–water partition coefficient (Wildman–Crippen LogP) is 4.22. The molecule has 0 bridgehead atoms. The molecule has 9 nitrogen and oxygen atoms in total. The molecule has 2 amide bonds. The van der Waals surface area contributed by atoms with Crippen LogP contribution in [0.15, 0.2) is 30.3 Å². The van der Waals surface area contributed by atoms with Crippen molar-refractivity contribution in [3.63, 3.8) is 0 Å². The molecule has 0 aliphatic heterocycles. The highest BCUT2D eigenvalue weighted by atomic mass is 31.2. The van der Waals surface area contributed by atoms with E-state index in [1.807, 2.05) is 51.1 Å². The lowest BCUT2D eigenvalue weighted by Crippen LogP contribution is -2.41. The Balaban J connectivity index is 2.36. The largest absolute Gasteiger partial charge is 0.480 e. The summed E-state index contributed by atoms with van der Waals surface area (Å²) in [6.45, 7) is 5.84. The summed E-state index contributed by atoms with van der Waals surface area (Å²) in [5.74, 6) is -1.14. The third-order valence-electron chi connectivity index (χ3n) is 5.18. The summed E-state index contributed by atoms with van der Waals surface area (Å²) in [6.07, 6.45) is 1.05. The molecule has 0 aromatic heterocycles. The van der Waals surface area contributed by atoms with Crippen LogP contribution < -0.4 is 10.6 Å². The van der Waals surface area contributed by atoms with E-state index in [9.17, 15) is 24.1 Å². The predicted molar refractivity (Wildman–Crippen MR) is 126 cm³/mol. The quantitative estimate of drug-likeness (QED) is 0.318. The topological polar surface area (TPSA) is 131 Å². The zero-order chi connectivity index (χ0) is 24.9. The van der Waals surface area contributed by atoms with Crippen LogP contribution in [0.25, 0.3) is 0 Å². The first kappa shape index (κ1) is 28.7. The van der Waals surface area contributed by atoms with Gasteiger partial charge in [-0.3, -0.25) is 9.36 Å². The van der Waals surface area contributed by atoms with Crippen LogP contribution in [0.5, 0.6) is 0 Å². The highest BCUT2D eigenvalue weighted by molar-refractivity contribution is 7.58. The first-order valence-corrected chi connectivity index (χ1v) is 13.1. The van der Waals surface area contributed by atoms with Gasteiger partial charge >= 0.3 is 12.1 Å². The molecule has 10 heteroatoms. The summed E-state index contributed by atoms with van der Waals surface area (Å²) in [4.78, 5) is 35.3. The summed E-state index contributed by atoms with van der Waals surface area (Å²) >= 11 is 0. The van der Waals surface area contributed by atoms with Crippen LogP contribution in [0.4, 0.5) is 4.79 Å². The number of nitrogens with one attached hydrogen (secondary N) is 2. The third-order valence-corrected chi connectivity index (χ3v) is 7.42. The highest BCUT2D eigenvalue weighted by Gasteiger charge is 2.25. The van der Waals surface area contributed by atoms with Gasteiger partial charge in [-0.2, -0.15) is 0 Å². The number of amides is 2. The van der Waals surface area contributed by atoms with Crippen molar-refractivity contribution in [2.45, 2.75) is 59.1 Å². The van der Waals surface area contributed by atoms with Crippen molar-refractivity contribution < 1.29 is 33.3 Å². The summed E-state index contributed by atoms with van der Waals surface area (Å²) in [7, 11) is -1.75. The van der Waals surface area contributed by atoms with Gasteiger partial charge in [0.1, 0.15) is 12.6 Å². The molecule has 0 fully saturated rings. The van der Waals surface area contributed by atoms with Crippen LogP contribution in [0.3, 0.4) is 0 Å². The fraction of sp³-hybridized carbons (Fsp3) is 0.609. The number of hydrogen-bond acceptors (Lipinski definition) is 6. The SMILES string of the molecule is COP(=O)(CCC(C)CCC(=O)N[C@@H](CC(C)C)C(=O)O)CNC(=O)OCc1ccccc1. The number of carboxylic acid groups (broad SMARTS) is 1. The Morgan fingerprint density at radius 3 is 2.33 bits per heavy atom. The molecular formula is C23H37N2O7P. The van der Waals surface area contributed by atoms with E-state index in [1.54, 1.807) is 0 Å². The van der Waals surface area contributed by atoms with Crippen molar-refractivity contribution in [1.82, 2.24) is 10.6 Å².